The maximum absolute atomic E-state index is 2.54. The molecule has 0 amide bonds. The molecule has 0 bridgehead atoms. The summed E-state index contributed by atoms with van der Waals surface area (Å²) in [4.78, 5) is 0. The lowest BCUT2D eigenvalue weighted by atomic mass is 9.64. The van der Waals surface area contributed by atoms with Gasteiger partial charge in [0.2, 0.25) is 0 Å². The highest BCUT2D eigenvalue weighted by Gasteiger charge is 2.57. The first kappa shape index (κ1) is 15.2. The molecule has 0 aromatic heterocycles. The molecule has 3 atom stereocenters. The molecule has 0 heterocycles. The minimum Gasteiger partial charge on any atom is -0.0789 e. The standard InChI is InChI=1S/C25H19I/c26-16-13-14-20-19-9-3-6-12-23(19)25(24(20)15-16)21-10-4-1-7-17(21)18-8-2-5-11-22(18)25/h1-12,15,17,21H,13-14H2. The number of benzene rings is 2. The average molecular weight is 446 g/mol. The Hall–Kier alpha value is -1.87. The molecule has 0 nitrogen and oxygen atoms in total. The van der Waals surface area contributed by atoms with E-state index < -0.39 is 0 Å². The van der Waals surface area contributed by atoms with Crippen molar-refractivity contribution in [2.24, 2.45) is 5.92 Å². The van der Waals surface area contributed by atoms with Crippen molar-refractivity contribution in [2.75, 3.05) is 0 Å². The molecule has 0 aliphatic heterocycles. The highest BCUT2D eigenvalue weighted by Crippen LogP contribution is 2.65. The summed E-state index contributed by atoms with van der Waals surface area (Å²) >= 11 is 2.54. The van der Waals surface area contributed by atoms with E-state index in [-0.39, 0.29) is 5.41 Å². The highest BCUT2D eigenvalue weighted by molar-refractivity contribution is 14.1. The van der Waals surface area contributed by atoms with Crippen LogP contribution in [0.4, 0.5) is 0 Å². The van der Waals surface area contributed by atoms with Crippen molar-refractivity contribution in [1.29, 1.82) is 0 Å². The van der Waals surface area contributed by atoms with Crippen LogP contribution in [-0.2, 0) is 5.41 Å². The average Bonchev–Trinajstić information content (AvgIpc) is 3.15. The Kier molecular flexibility index (Phi) is 3.11. The van der Waals surface area contributed by atoms with E-state index in [9.17, 15) is 0 Å². The Labute approximate surface area is 168 Å². The number of fused-ring (bicyclic) bond motifs is 9. The fourth-order valence-electron chi connectivity index (χ4n) is 5.86. The number of hydrogen-bond acceptors (Lipinski definition) is 0. The van der Waals surface area contributed by atoms with Crippen LogP contribution in [0, 0.1) is 5.92 Å². The van der Waals surface area contributed by atoms with E-state index in [1.807, 2.05) is 0 Å². The zero-order valence-corrected chi connectivity index (χ0v) is 16.6. The van der Waals surface area contributed by atoms with Gasteiger partial charge in [0, 0.05) is 11.8 Å². The second-order valence-electron chi connectivity index (χ2n) is 7.75. The summed E-state index contributed by atoms with van der Waals surface area (Å²) in [7, 11) is 0. The van der Waals surface area contributed by atoms with Gasteiger partial charge in [-0.05, 0) is 78.5 Å². The molecule has 2 aromatic rings. The lowest BCUT2D eigenvalue weighted by Gasteiger charge is -2.37. The maximum atomic E-state index is 2.54. The van der Waals surface area contributed by atoms with E-state index >= 15 is 0 Å². The molecule has 4 aliphatic carbocycles. The number of halogens is 1. The fraction of sp³-hybridized carbons (Fsp3) is 0.200. The molecule has 2 aromatic carbocycles. The zero-order chi connectivity index (χ0) is 17.3. The Bertz CT molecular complexity index is 1070. The molecule has 126 valence electrons. The van der Waals surface area contributed by atoms with Crippen molar-refractivity contribution >= 4 is 28.2 Å². The maximum Gasteiger partial charge on any atom is 0.0534 e. The van der Waals surface area contributed by atoms with E-state index in [1.54, 1.807) is 11.1 Å². The van der Waals surface area contributed by atoms with Crippen LogP contribution in [0.15, 0.2) is 88.1 Å². The van der Waals surface area contributed by atoms with Crippen LogP contribution in [0.2, 0.25) is 0 Å². The summed E-state index contributed by atoms with van der Waals surface area (Å²) < 4.78 is 1.49. The van der Waals surface area contributed by atoms with Crippen LogP contribution < -0.4 is 0 Å². The molecular formula is C25H19I. The second-order valence-corrected chi connectivity index (χ2v) is 9.13. The van der Waals surface area contributed by atoms with Gasteiger partial charge in [0.25, 0.3) is 0 Å². The molecule has 1 spiro atoms. The molecular weight excluding hydrogens is 427 g/mol. The van der Waals surface area contributed by atoms with Gasteiger partial charge in [-0.2, -0.15) is 0 Å². The van der Waals surface area contributed by atoms with Crippen LogP contribution >= 0.6 is 22.6 Å². The Morgan fingerprint density at radius 3 is 2.54 bits per heavy atom. The Morgan fingerprint density at radius 2 is 1.62 bits per heavy atom. The first-order valence-electron chi connectivity index (χ1n) is 9.46. The van der Waals surface area contributed by atoms with E-state index in [0.29, 0.717) is 11.8 Å². The molecule has 0 radical (unpaired) electrons. The predicted octanol–water partition coefficient (Wildman–Crippen LogP) is 6.69. The fourth-order valence-corrected chi connectivity index (χ4v) is 6.44. The molecule has 0 fully saturated rings. The normalized spacial score (nSPS) is 30.1. The SMILES string of the molecule is IC1=CC2=C(CC1)c1ccccc1C21c2ccccc2C2C=CC=CC21. The van der Waals surface area contributed by atoms with Gasteiger partial charge >= 0.3 is 0 Å². The molecule has 6 rings (SSSR count). The van der Waals surface area contributed by atoms with Gasteiger partial charge in [-0.25, -0.2) is 0 Å². The smallest absolute Gasteiger partial charge is 0.0534 e. The van der Waals surface area contributed by atoms with Gasteiger partial charge in [0.1, 0.15) is 0 Å². The third-order valence-electron chi connectivity index (χ3n) is 6.72. The van der Waals surface area contributed by atoms with Crippen LogP contribution in [0.1, 0.15) is 41.0 Å². The lowest BCUT2D eigenvalue weighted by Crippen LogP contribution is -2.33. The van der Waals surface area contributed by atoms with Crippen molar-refractivity contribution < 1.29 is 0 Å². The second kappa shape index (κ2) is 5.32. The molecule has 0 saturated heterocycles. The van der Waals surface area contributed by atoms with E-state index in [1.165, 1.54) is 38.7 Å². The Morgan fingerprint density at radius 1 is 0.846 bits per heavy atom. The van der Waals surface area contributed by atoms with E-state index in [0.717, 1.165) is 0 Å². The largest absolute Gasteiger partial charge is 0.0789 e. The third kappa shape index (κ3) is 1.70. The highest BCUT2D eigenvalue weighted by atomic mass is 127. The number of rotatable bonds is 0. The van der Waals surface area contributed by atoms with Gasteiger partial charge < -0.3 is 0 Å². The Balaban J connectivity index is 1.77. The van der Waals surface area contributed by atoms with Gasteiger partial charge in [-0.3, -0.25) is 0 Å². The van der Waals surface area contributed by atoms with Gasteiger partial charge in [-0.15, -0.1) is 0 Å². The van der Waals surface area contributed by atoms with Crippen molar-refractivity contribution in [1.82, 2.24) is 0 Å². The monoisotopic (exact) mass is 446 g/mol. The predicted molar refractivity (Wildman–Crippen MR) is 116 cm³/mol. The quantitative estimate of drug-likeness (QED) is 0.396. The van der Waals surface area contributed by atoms with Crippen LogP contribution in [-0.4, -0.2) is 0 Å². The molecule has 0 saturated carbocycles. The summed E-state index contributed by atoms with van der Waals surface area (Å²) in [5, 5.41) is 0. The number of allylic oxidation sites excluding steroid dienone is 8. The van der Waals surface area contributed by atoms with E-state index in [2.05, 4.69) is 102 Å². The van der Waals surface area contributed by atoms with Crippen LogP contribution in [0.25, 0.3) is 5.57 Å². The molecule has 4 aliphatic rings. The number of hydrogen-bond donors (Lipinski definition) is 0. The van der Waals surface area contributed by atoms with Gasteiger partial charge in [0.15, 0.2) is 0 Å². The van der Waals surface area contributed by atoms with Crippen LogP contribution in [0.5, 0.6) is 0 Å². The lowest BCUT2D eigenvalue weighted by molar-refractivity contribution is 0.461. The molecule has 3 unspecified atom stereocenters. The summed E-state index contributed by atoms with van der Waals surface area (Å²) in [5.41, 5.74) is 9.16. The van der Waals surface area contributed by atoms with Gasteiger partial charge in [-0.1, -0.05) is 72.8 Å². The van der Waals surface area contributed by atoms with Crippen molar-refractivity contribution in [3.8, 4) is 0 Å². The first-order chi connectivity index (χ1) is 12.8. The summed E-state index contributed by atoms with van der Waals surface area (Å²) in [5.74, 6) is 0.946. The first-order valence-corrected chi connectivity index (χ1v) is 10.5. The topological polar surface area (TPSA) is 0 Å². The zero-order valence-electron chi connectivity index (χ0n) is 14.5. The minimum absolute atomic E-state index is 0.0225. The molecule has 0 N–H and O–H groups in total. The summed E-state index contributed by atoms with van der Waals surface area (Å²) in [6.07, 6.45) is 14.2. The molecule has 26 heavy (non-hydrogen) atoms. The molecule has 1 heteroatoms. The summed E-state index contributed by atoms with van der Waals surface area (Å²) in [6, 6.07) is 18.3. The van der Waals surface area contributed by atoms with Gasteiger partial charge in [0.05, 0.1) is 5.41 Å². The third-order valence-corrected chi connectivity index (χ3v) is 7.57. The van der Waals surface area contributed by atoms with Crippen molar-refractivity contribution in [2.45, 2.75) is 24.2 Å². The van der Waals surface area contributed by atoms with E-state index in [4.69, 9.17) is 0 Å². The summed E-state index contributed by atoms with van der Waals surface area (Å²) in [6.45, 7) is 0. The van der Waals surface area contributed by atoms with Crippen LogP contribution in [0.3, 0.4) is 0 Å². The van der Waals surface area contributed by atoms with Crippen molar-refractivity contribution in [3.63, 3.8) is 0 Å². The minimum atomic E-state index is -0.0225. The van der Waals surface area contributed by atoms with Crippen molar-refractivity contribution in [3.05, 3.63) is 110 Å².